The van der Waals surface area contributed by atoms with Crippen molar-refractivity contribution in [1.29, 1.82) is 0 Å². The highest BCUT2D eigenvalue weighted by Crippen LogP contribution is 2.59. The zero-order chi connectivity index (χ0) is 18.2. The van der Waals surface area contributed by atoms with Crippen molar-refractivity contribution in [1.82, 2.24) is 0 Å². The zero-order valence-electron chi connectivity index (χ0n) is 16.6. The van der Waals surface area contributed by atoms with Crippen LogP contribution >= 0.6 is 0 Å². The molecule has 1 spiro atoms. The fourth-order valence-electron chi connectivity index (χ4n) is 6.51. The molecule has 0 radical (unpaired) electrons. The van der Waals surface area contributed by atoms with Gasteiger partial charge in [0, 0.05) is 23.7 Å². The van der Waals surface area contributed by atoms with Gasteiger partial charge in [-0.2, -0.15) is 0 Å². The molecule has 2 fully saturated rings. The minimum atomic E-state index is -0.353. The maximum Gasteiger partial charge on any atom is 0.172 e. The van der Waals surface area contributed by atoms with Gasteiger partial charge in [0.15, 0.2) is 5.79 Å². The molecule has 26 heavy (non-hydrogen) atoms. The van der Waals surface area contributed by atoms with Gasteiger partial charge in [0.2, 0.25) is 0 Å². The quantitative estimate of drug-likeness (QED) is 0.679. The zero-order valence-corrected chi connectivity index (χ0v) is 16.6. The van der Waals surface area contributed by atoms with Crippen LogP contribution in [0.4, 0.5) is 0 Å². The third-order valence-electron chi connectivity index (χ3n) is 8.23. The molecule has 0 bridgehead atoms. The Hall–Kier alpha value is -0.640. The molecule has 5 rings (SSSR count). The molecule has 0 amide bonds. The Morgan fingerprint density at radius 1 is 1.04 bits per heavy atom. The highest BCUT2D eigenvalue weighted by molar-refractivity contribution is 5.44. The van der Waals surface area contributed by atoms with Gasteiger partial charge in [-0.1, -0.05) is 32.4 Å². The van der Waals surface area contributed by atoms with Crippen LogP contribution in [-0.2, 0) is 9.47 Å². The van der Waals surface area contributed by atoms with E-state index in [1.807, 2.05) is 0 Å². The van der Waals surface area contributed by atoms with Crippen LogP contribution in [0, 0.1) is 22.7 Å². The standard InChI is InChI=1S/C23H34O3/c1-21(2)13-25-23(26-14-21)11-9-16-15(12-23)4-5-18-17(16)8-10-22(3)19(18)6-7-20(22)24/h8,18-20,24H,4-7,9-14H2,1-3H3/t18-,19+,20+,22+/m1/s1. The van der Waals surface area contributed by atoms with Crippen LogP contribution in [0.3, 0.4) is 0 Å². The minimum absolute atomic E-state index is 0.109. The van der Waals surface area contributed by atoms with Crippen molar-refractivity contribution in [3.05, 3.63) is 22.8 Å². The monoisotopic (exact) mass is 358 g/mol. The van der Waals surface area contributed by atoms with Crippen molar-refractivity contribution in [2.24, 2.45) is 22.7 Å². The van der Waals surface area contributed by atoms with Gasteiger partial charge in [-0.15, -0.1) is 0 Å². The smallest absolute Gasteiger partial charge is 0.172 e. The van der Waals surface area contributed by atoms with Crippen molar-refractivity contribution >= 4 is 0 Å². The molecule has 4 aliphatic carbocycles. The van der Waals surface area contributed by atoms with Crippen LogP contribution in [0.15, 0.2) is 22.8 Å². The molecule has 0 unspecified atom stereocenters. The first-order valence-corrected chi connectivity index (χ1v) is 10.7. The summed E-state index contributed by atoms with van der Waals surface area (Å²) in [6, 6.07) is 0. The van der Waals surface area contributed by atoms with E-state index in [-0.39, 0.29) is 22.7 Å². The number of fused-ring (bicyclic) bond motifs is 4. The first-order chi connectivity index (χ1) is 12.3. The van der Waals surface area contributed by atoms with E-state index in [1.54, 1.807) is 16.7 Å². The number of hydrogen-bond donors (Lipinski definition) is 1. The Balaban J connectivity index is 1.41. The van der Waals surface area contributed by atoms with E-state index in [0.29, 0.717) is 11.8 Å². The summed E-state index contributed by atoms with van der Waals surface area (Å²) >= 11 is 0. The van der Waals surface area contributed by atoms with E-state index < -0.39 is 0 Å². The largest absolute Gasteiger partial charge is 0.393 e. The Morgan fingerprint density at radius 3 is 2.58 bits per heavy atom. The van der Waals surface area contributed by atoms with E-state index in [2.05, 4.69) is 26.8 Å². The van der Waals surface area contributed by atoms with Crippen molar-refractivity contribution in [3.63, 3.8) is 0 Å². The van der Waals surface area contributed by atoms with E-state index in [1.165, 1.54) is 19.3 Å². The summed E-state index contributed by atoms with van der Waals surface area (Å²) < 4.78 is 12.6. The molecule has 3 nitrogen and oxygen atoms in total. The lowest BCUT2D eigenvalue weighted by Crippen LogP contribution is -2.49. The average molecular weight is 359 g/mol. The molecular formula is C23H34O3. The normalized spacial score (nSPS) is 43.5. The van der Waals surface area contributed by atoms with Crippen molar-refractivity contribution in [2.45, 2.75) is 84.0 Å². The maximum atomic E-state index is 10.5. The van der Waals surface area contributed by atoms with Gasteiger partial charge in [-0.25, -0.2) is 0 Å². The van der Waals surface area contributed by atoms with Crippen molar-refractivity contribution in [3.8, 4) is 0 Å². The number of aliphatic hydroxyl groups excluding tert-OH is 1. The topological polar surface area (TPSA) is 38.7 Å². The van der Waals surface area contributed by atoms with Crippen molar-refractivity contribution in [2.75, 3.05) is 13.2 Å². The first-order valence-electron chi connectivity index (χ1n) is 10.7. The number of aliphatic hydroxyl groups is 1. The van der Waals surface area contributed by atoms with Crippen LogP contribution in [0.25, 0.3) is 0 Å². The summed E-state index contributed by atoms with van der Waals surface area (Å²) in [5.41, 5.74) is 5.11. The number of hydrogen-bond acceptors (Lipinski definition) is 3. The lowest BCUT2D eigenvalue weighted by atomic mass is 9.58. The highest BCUT2D eigenvalue weighted by Gasteiger charge is 2.53. The summed E-state index contributed by atoms with van der Waals surface area (Å²) in [7, 11) is 0. The average Bonchev–Trinajstić information content (AvgIpc) is 2.93. The van der Waals surface area contributed by atoms with E-state index in [9.17, 15) is 5.11 Å². The second kappa shape index (κ2) is 5.68. The molecule has 5 aliphatic rings. The molecule has 1 heterocycles. The SMILES string of the molecule is CC1(C)COC2(CCC3=C(CC[C@@H]4C3=CC[C@]3(C)[C@@H](O)CC[C@@H]43)C2)OC1. The summed E-state index contributed by atoms with van der Waals surface area (Å²) in [5.74, 6) is 0.991. The van der Waals surface area contributed by atoms with Crippen LogP contribution in [0.2, 0.25) is 0 Å². The van der Waals surface area contributed by atoms with Crippen molar-refractivity contribution < 1.29 is 14.6 Å². The number of allylic oxidation sites excluding steroid dienone is 3. The summed E-state index contributed by atoms with van der Waals surface area (Å²) in [6.45, 7) is 8.38. The molecule has 1 N–H and O–H groups in total. The predicted octanol–water partition coefficient (Wildman–Crippen LogP) is 4.75. The summed E-state index contributed by atoms with van der Waals surface area (Å²) in [5, 5.41) is 10.5. The van der Waals surface area contributed by atoms with Gasteiger partial charge >= 0.3 is 0 Å². The van der Waals surface area contributed by atoms with E-state index in [0.717, 1.165) is 45.3 Å². The molecule has 0 aromatic carbocycles. The molecule has 144 valence electrons. The Labute approximate surface area is 157 Å². The molecule has 0 aromatic heterocycles. The van der Waals surface area contributed by atoms with E-state index >= 15 is 0 Å². The minimum Gasteiger partial charge on any atom is -0.393 e. The summed E-state index contributed by atoms with van der Waals surface area (Å²) in [6.07, 6.45) is 11.1. The summed E-state index contributed by atoms with van der Waals surface area (Å²) in [4.78, 5) is 0. The lowest BCUT2D eigenvalue weighted by Gasteiger charge is -2.50. The Morgan fingerprint density at radius 2 is 1.81 bits per heavy atom. The van der Waals surface area contributed by atoms with Gasteiger partial charge < -0.3 is 14.6 Å². The van der Waals surface area contributed by atoms with Crippen LogP contribution in [0.5, 0.6) is 0 Å². The fourth-order valence-corrected chi connectivity index (χ4v) is 6.51. The Kier molecular flexibility index (Phi) is 3.82. The molecular weight excluding hydrogens is 324 g/mol. The van der Waals surface area contributed by atoms with Gasteiger partial charge in [0.1, 0.15) is 0 Å². The third kappa shape index (κ3) is 2.50. The van der Waals surface area contributed by atoms with Gasteiger partial charge in [0.25, 0.3) is 0 Å². The van der Waals surface area contributed by atoms with Gasteiger partial charge in [-0.05, 0) is 61.5 Å². The molecule has 1 aliphatic heterocycles. The molecule has 4 atom stereocenters. The fraction of sp³-hybridized carbons (Fsp3) is 0.826. The van der Waals surface area contributed by atoms with Gasteiger partial charge in [0.05, 0.1) is 19.3 Å². The third-order valence-corrected chi connectivity index (χ3v) is 8.23. The lowest BCUT2D eigenvalue weighted by molar-refractivity contribution is -0.302. The van der Waals surface area contributed by atoms with Crippen LogP contribution in [0.1, 0.15) is 72.1 Å². The second-order valence-electron chi connectivity index (χ2n) is 10.6. The molecule has 0 aromatic rings. The van der Waals surface area contributed by atoms with Gasteiger partial charge in [-0.3, -0.25) is 0 Å². The second-order valence-corrected chi connectivity index (χ2v) is 10.6. The molecule has 1 saturated carbocycles. The number of rotatable bonds is 0. The molecule has 3 heteroatoms. The van der Waals surface area contributed by atoms with E-state index in [4.69, 9.17) is 9.47 Å². The number of ether oxygens (including phenoxy) is 2. The molecule has 1 saturated heterocycles. The van der Waals surface area contributed by atoms with Crippen LogP contribution in [-0.4, -0.2) is 30.2 Å². The highest BCUT2D eigenvalue weighted by atomic mass is 16.7. The first kappa shape index (κ1) is 17.5. The van der Waals surface area contributed by atoms with Crippen LogP contribution < -0.4 is 0 Å². The maximum absolute atomic E-state index is 10.5. The predicted molar refractivity (Wildman–Crippen MR) is 102 cm³/mol. The Bertz CT molecular complexity index is 663.